The van der Waals surface area contributed by atoms with Gasteiger partial charge in [0, 0.05) is 29.5 Å². The highest BCUT2D eigenvalue weighted by atomic mass is 32.1. The van der Waals surface area contributed by atoms with E-state index in [1.54, 1.807) is 25.4 Å². The van der Waals surface area contributed by atoms with E-state index in [0.717, 1.165) is 29.2 Å². The van der Waals surface area contributed by atoms with Crippen molar-refractivity contribution in [3.8, 4) is 17.2 Å². The van der Waals surface area contributed by atoms with Crippen molar-refractivity contribution in [2.24, 2.45) is 0 Å². The number of fused-ring (bicyclic) bond motifs is 1. The normalized spacial score (nSPS) is 15.6. The van der Waals surface area contributed by atoms with Crippen LogP contribution in [0.4, 0.5) is 10.8 Å². The largest absolute Gasteiger partial charge is 0.496 e. The summed E-state index contributed by atoms with van der Waals surface area (Å²) in [6, 6.07) is 16.5. The quantitative estimate of drug-likeness (QED) is 0.447. The topological polar surface area (TPSA) is 73.1 Å². The summed E-state index contributed by atoms with van der Waals surface area (Å²) in [7, 11) is 1.64. The third-order valence-electron chi connectivity index (χ3n) is 5.37. The molecule has 0 bridgehead atoms. The molecular weight excluding hydrogens is 396 g/mol. The second-order valence-electron chi connectivity index (χ2n) is 7.35. The van der Waals surface area contributed by atoms with Crippen molar-refractivity contribution in [1.82, 2.24) is 15.2 Å². The monoisotopic (exact) mass is 418 g/mol. The van der Waals surface area contributed by atoms with Crippen molar-refractivity contribution in [2.45, 2.75) is 32.1 Å². The molecule has 5 rings (SSSR count). The van der Waals surface area contributed by atoms with E-state index >= 15 is 0 Å². The molecule has 0 saturated carbocycles. The second kappa shape index (κ2) is 7.91. The number of aromatic nitrogens is 3. The van der Waals surface area contributed by atoms with Gasteiger partial charge in [-0.1, -0.05) is 30.3 Å². The third-order valence-corrected chi connectivity index (χ3v) is 6.41. The van der Waals surface area contributed by atoms with Crippen molar-refractivity contribution < 1.29 is 9.15 Å². The van der Waals surface area contributed by atoms with Crippen molar-refractivity contribution in [1.29, 1.82) is 0 Å². The Balaban J connectivity index is 1.42. The first-order chi connectivity index (χ1) is 14.7. The predicted octanol–water partition coefficient (Wildman–Crippen LogP) is 5.72. The van der Waals surface area contributed by atoms with Gasteiger partial charge in [-0.2, -0.15) is 0 Å². The number of hydrogen-bond acceptors (Lipinski definition) is 7. The van der Waals surface area contributed by atoms with Crippen molar-refractivity contribution in [3.63, 3.8) is 0 Å². The summed E-state index contributed by atoms with van der Waals surface area (Å²) in [5.74, 6) is 2.02. The van der Waals surface area contributed by atoms with Gasteiger partial charge in [0.05, 0.1) is 18.4 Å². The molecule has 152 valence electrons. The van der Waals surface area contributed by atoms with Crippen LogP contribution in [0.2, 0.25) is 0 Å². The lowest BCUT2D eigenvalue weighted by molar-refractivity contribution is 0.414. The van der Waals surface area contributed by atoms with Gasteiger partial charge in [-0.15, -0.1) is 21.5 Å². The van der Waals surface area contributed by atoms with E-state index in [2.05, 4.69) is 45.8 Å². The van der Waals surface area contributed by atoms with Gasteiger partial charge in [0.2, 0.25) is 5.89 Å². The van der Waals surface area contributed by atoms with Crippen LogP contribution >= 0.6 is 11.3 Å². The number of benzene rings is 2. The van der Waals surface area contributed by atoms with E-state index in [1.165, 1.54) is 22.6 Å². The van der Waals surface area contributed by atoms with E-state index in [1.807, 2.05) is 18.2 Å². The minimum atomic E-state index is 0.374. The van der Waals surface area contributed by atoms with Gasteiger partial charge in [0.25, 0.3) is 5.89 Å². The summed E-state index contributed by atoms with van der Waals surface area (Å²) < 4.78 is 11.1. The number of aryl methyl sites for hydroxylation is 2. The van der Waals surface area contributed by atoms with Crippen LogP contribution in [0.1, 0.15) is 40.8 Å². The number of methoxy groups -OCH3 is 1. The lowest BCUT2D eigenvalue weighted by atomic mass is 9.85. The van der Waals surface area contributed by atoms with Gasteiger partial charge in [0.1, 0.15) is 5.75 Å². The molecule has 6 nitrogen and oxygen atoms in total. The zero-order valence-corrected chi connectivity index (χ0v) is 17.7. The molecule has 30 heavy (non-hydrogen) atoms. The molecule has 7 heteroatoms. The Morgan fingerprint density at radius 3 is 2.77 bits per heavy atom. The summed E-state index contributed by atoms with van der Waals surface area (Å²) >= 11 is 1.74. The molecule has 1 atom stereocenters. The molecule has 0 aliphatic heterocycles. The molecule has 4 aromatic rings. The maximum Gasteiger partial charge on any atom is 0.251 e. The molecule has 1 N–H and O–H groups in total. The number of anilines is 2. The first-order valence-electron chi connectivity index (χ1n) is 10.0. The van der Waals surface area contributed by atoms with Gasteiger partial charge in [-0.3, -0.25) is 0 Å². The summed E-state index contributed by atoms with van der Waals surface area (Å²) in [5, 5.41) is 12.4. The van der Waals surface area contributed by atoms with Crippen LogP contribution in [0.5, 0.6) is 5.75 Å². The number of nitrogens with one attached hydrogen (secondary N) is 1. The zero-order chi connectivity index (χ0) is 20.5. The average Bonchev–Trinajstić information content (AvgIpc) is 3.39. The maximum atomic E-state index is 5.56. The van der Waals surface area contributed by atoms with Crippen molar-refractivity contribution in [2.75, 3.05) is 12.4 Å². The lowest BCUT2D eigenvalue weighted by Crippen LogP contribution is -2.09. The molecule has 0 amide bonds. The minimum Gasteiger partial charge on any atom is -0.496 e. The maximum absolute atomic E-state index is 5.56. The summed E-state index contributed by atoms with van der Waals surface area (Å²) in [5.41, 5.74) is 4.24. The predicted molar refractivity (Wildman–Crippen MR) is 118 cm³/mol. The van der Waals surface area contributed by atoms with Crippen LogP contribution in [-0.2, 0) is 6.42 Å². The van der Waals surface area contributed by atoms with E-state index < -0.39 is 0 Å². The molecule has 1 aliphatic carbocycles. The molecule has 1 unspecified atom stereocenters. The van der Waals surface area contributed by atoms with E-state index in [4.69, 9.17) is 14.1 Å². The number of hydrogen-bond donors (Lipinski definition) is 1. The Morgan fingerprint density at radius 2 is 2.00 bits per heavy atom. The van der Waals surface area contributed by atoms with Gasteiger partial charge in [0.15, 0.2) is 5.13 Å². The Bertz CT molecular complexity index is 1170. The Hall–Kier alpha value is -3.19. The molecule has 0 fully saturated rings. The number of thiazole rings is 1. The molecule has 1 aliphatic rings. The average molecular weight is 419 g/mol. The zero-order valence-electron chi connectivity index (χ0n) is 16.9. The van der Waals surface area contributed by atoms with Crippen molar-refractivity contribution >= 4 is 22.2 Å². The highest BCUT2D eigenvalue weighted by Gasteiger charge is 2.26. The molecule has 0 radical (unpaired) electrons. The first kappa shape index (κ1) is 18.8. The number of rotatable bonds is 5. The van der Waals surface area contributed by atoms with Gasteiger partial charge < -0.3 is 14.5 Å². The fraction of sp³-hybridized carbons (Fsp3) is 0.261. The van der Waals surface area contributed by atoms with E-state index in [9.17, 15) is 0 Å². The molecule has 0 saturated heterocycles. The number of ether oxygens (including phenoxy) is 1. The highest BCUT2D eigenvalue weighted by Crippen LogP contribution is 2.41. The second-order valence-corrected chi connectivity index (χ2v) is 8.43. The van der Waals surface area contributed by atoms with Gasteiger partial charge >= 0.3 is 0 Å². The van der Waals surface area contributed by atoms with Gasteiger partial charge in [-0.25, -0.2) is 4.98 Å². The lowest BCUT2D eigenvalue weighted by Gasteiger charge is -2.21. The van der Waals surface area contributed by atoms with Crippen LogP contribution in [0.3, 0.4) is 0 Å². The van der Waals surface area contributed by atoms with Gasteiger partial charge in [-0.05, 0) is 37.0 Å². The molecule has 2 heterocycles. The van der Waals surface area contributed by atoms with E-state index in [0.29, 0.717) is 23.4 Å². The molecular formula is C23H22N4O2S. The summed E-state index contributed by atoms with van der Waals surface area (Å²) in [6.07, 6.45) is 3.43. The molecule has 0 spiro atoms. The highest BCUT2D eigenvalue weighted by molar-refractivity contribution is 7.15. The number of nitrogens with zero attached hydrogens (tertiary/aromatic N) is 3. The standard InChI is InChI=1S/C23H22N4O2S/c1-14-26-27-22(29-14)18-12-11-16(13-19(18)28-2)24-23-25-21-17(9-6-10-20(21)30-23)15-7-4-3-5-8-15/h3-5,7-8,11-13,17H,6,9-10H2,1-2H3,(H,24,25). The summed E-state index contributed by atoms with van der Waals surface area (Å²) in [6.45, 7) is 1.77. The fourth-order valence-electron chi connectivity index (χ4n) is 3.96. The SMILES string of the molecule is COc1cc(Nc2nc3c(s2)CCCC3c2ccccc2)ccc1-c1nnc(C)o1. The summed E-state index contributed by atoms with van der Waals surface area (Å²) in [4.78, 5) is 6.35. The van der Waals surface area contributed by atoms with Crippen LogP contribution < -0.4 is 10.1 Å². The molecule has 2 aromatic carbocycles. The minimum absolute atomic E-state index is 0.374. The van der Waals surface area contributed by atoms with Crippen LogP contribution in [0, 0.1) is 6.92 Å². The van der Waals surface area contributed by atoms with Crippen LogP contribution in [-0.4, -0.2) is 22.3 Å². The Kier molecular flexibility index (Phi) is 4.96. The Labute approximate surface area is 179 Å². The van der Waals surface area contributed by atoms with Crippen LogP contribution in [0.25, 0.3) is 11.5 Å². The fourth-order valence-corrected chi connectivity index (χ4v) is 5.04. The van der Waals surface area contributed by atoms with E-state index in [-0.39, 0.29) is 0 Å². The smallest absolute Gasteiger partial charge is 0.251 e. The molecule has 2 aromatic heterocycles. The van der Waals surface area contributed by atoms with Crippen molar-refractivity contribution in [3.05, 3.63) is 70.6 Å². The van der Waals surface area contributed by atoms with Crippen LogP contribution in [0.15, 0.2) is 52.9 Å². The Morgan fingerprint density at radius 1 is 1.13 bits per heavy atom. The third kappa shape index (κ3) is 3.57. The first-order valence-corrected chi connectivity index (χ1v) is 10.8.